The second kappa shape index (κ2) is 14.1. The lowest BCUT2D eigenvalue weighted by atomic mass is 9.80. The summed E-state index contributed by atoms with van der Waals surface area (Å²) in [5, 5.41) is 6.57. The minimum absolute atomic E-state index is 0.0549. The summed E-state index contributed by atoms with van der Waals surface area (Å²) in [6.07, 6.45) is 8.31. The second-order valence-electron chi connectivity index (χ2n) is 10.5. The summed E-state index contributed by atoms with van der Waals surface area (Å²) in [4.78, 5) is 26.7. The van der Waals surface area contributed by atoms with Crippen LogP contribution in [-0.4, -0.2) is 62.5 Å². The minimum atomic E-state index is -0.491. The summed E-state index contributed by atoms with van der Waals surface area (Å²) in [5.74, 6) is 0.726. The highest BCUT2D eigenvalue weighted by atomic mass is 35.5. The second-order valence-corrected chi connectivity index (χ2v) is 11.0. The minimum Gasteiger partial charge on any atom is -0.453 e. The number of alkyl carbamates (subject to hydrolysis) is 1. The fourth-order valence-corrected chi connectivity index (χ4v) is 5.79. The Kier molecular flexibility index (Phi) is 11.1. The molecule has 3 rings (SSSR count). The molecule has 4 N–H and O–H groups in total. The average Bonchev–Trinajstić information content (AvgIpc) is 2.89. The van der Waals surface area contributed by atoms with Crippen molar-refractivity contribution in [2.24, 2.45) is 17.6 Å². The molecule has 0 bridgehead atoms. The highest BCUT2D eigenvalue weighted by Gasteiger charge is 2.35. The van der Waals surface area contributed by atoms with Gasteiger partial charge in [0, 0.05) is 37.1 Å². The number of rotatable bonds is 10. The first-order chi connectivity index (χ1) is 17.3. The summed E-state index contributed by atoms with van der Waals surface area (Å²) in [7, 11) is 1.33. The molecule has 0 spiro atoms. The molecule has 36 heavy (non-hydrogen) atoms. The van der Waals surface area contributed by atoms with Crippen LogP contribution in [0.2, 0.25) is 5.02 Å². The SMILES string of the molecule is COC(=O)NCCO[C@@H](c1cccc(Cl)c1)[C@@H]1CCCN(C(=O)N[C@](C)(CN)CC2CCCCC2)C1. The molecule has 0 aromatic heterocycles. The Bertz CT molecular complexity index is 851. The number of carbonyl (C=O) groups excluding carboxylic acids is 2. The van der Waals surface area contributed by atoms with E-state index in [4.69, 9.17) is 22.1 Å². The highest BCUT2D eigenvalue weighted by Crippen LogP contribution is 2.35. The van der Waals surface area contributed by atoms with Crippen LogP contribution in [0.15, 0.2) is 24.3 Å². The number of nitrogens with one attached hydrogen (secondary N) is 2. The van der Waals surface area contributed by atoms with E-state index < -0.39 is 11.6 Å². The van der Waals surface area contributed by atoms with Gasteiger partial charge in [0.1, 0.15) is 0 Å². The normalized spacial score (nSPS) is 21.3. The van der Waals surface area contributed by atoms with Gasteiger partial charge in [-0.25, -0.2) is 9.59 Å². The third-order valence-corrected chi connectivity index (χ3v) is 7.76. The number of hydrogen-bond acceptors (Lipinski definition) is 5. The van der Waals surface area contributed by atoms with Crippen LogP contribution < -0.4 is 16.4 Å². The van der Waals surface area contributed by atoms with Gasteiger partial charge in [0.05, 0.1) is 25.4 Å². The number of urea groups is 1. The maximum absolute atomic E-state index is 13.4. The van der Waals surface area contributed by atoms with Crippen molar-refractivity contribution in [1.29, 1.82) is 0 Å². The van der Waals surface area contributed by atoms with Crippen molar-refractivity contribution in [2.75, 3.05) is 39.9 Å². The Balaban J connectivity index is 1.64. The van der Waals surface area contributed by atoms with Crippen LogP contribution in [0.4, 0.5) is 9.59 Å². The van der Waals surface area contributed by atoms with Crippen LogP contribution in [0.1, 0.15) is 70.0 Å². The van der Waals surface area contributed by atoms with E-state index in [1.54, 1.807) is 0 Å². The molecule has 1 heterocycles. The Morgan fingerprint density at radius 1 is 1.22 bits per heavy atom. The fraction of sp³-hybridized carbons (Fsp3) is 0.704. The first-order valence-corrected chi connectivity index (χ1v) is 13.7. The van der Waals surface area contributed by atoms with Crippen molar-refractivity contribution in [3.63, 3.8) is 0 Å². The van der Waals surface area contributed by atoms with E-state index in [0.717, 1.165) is 24.8 Å². The number of amides is 3. The van der Waals surface area contributed by atoms with Crippen LogP contribution in [0.5, 0.6) is 0 Å². The molecule has 1 saturated heterocycles. The molecule has 1 aliphatic carbocycles. The number of piperidine rings is 1. The summed E-state index contributed by atoms with van der Waals surface area (Å²) in [5.41, 5.74) is 6.72. The Hall–Kier alpha value is -2.03. The Morgan fingerprint density at radius 2 is 2.00 bits per heavy atom. The van der Waals surface area contributed by atoms with Gasteiger partial charge in [-0.1, -0.05) is 55.8 Å². The molecule has 9 heteroatoms. The first kappa shape index (κ1) is 28.5. The van der Waals surface area contributed by atoms with Gasteiger partial charge in [0.25, 0.3) is 0 Å². The zero-order valence-electron chi connectivity index (χ0n) is 21.8. The van der Waals surface area contributed by atoms with E-state index >= 15 is 0 Å². The summed E-state index contributed by atoms with van der Waals surface area (Å²) in [6, 6.07) is 7.60. The zero-order chi connectivity index (χ0) is 26.0. The summed E-state index contributed by atoms with van der Waals surface area (Å²) in [6.45, 7) is 4.44. The van der Waals surface area contributed by atoms with Gasteiger partial charge in [0.15, 0.2) is 0 Å². The quantitative estimate of drug-likeness (QED) is 0.380. The third kappa shape index (κ3) is 8.53. The van der Waals surface area contributed by atoms with E-state index in [0.29, 0.717) is 43.7 Å². The van der Waals surface area contributed by atoms with Gasteiger partial charge in [-0.15, -0.1) is 0 Å². The van der Waals surface area contributed by atoms with E-state index in [2.05, 4.69) is 22.3 Å². The van der Waals surface area contributed by atoms with E-state index in [9.17, 15) is 9.59 Å². The molecule has 1 aromatic rings. The molecule has 0 radical (unpaired) electrons. The first-order valence-electron chi connectivity index (χ1n) is 13.3. The molecule has 0 unspecified atom stereocenters. The number of likely N-dealkylation sites (tertiary alicyclic amines) is 1. The van der Waals surface area contributed by atoms with Crippen molar-refractivity contribution in [2.45, 2.75) is 69.9 Å². The lowest BCUT2D eigenvalue weighted by molar-refractivity contribution is -0.00892. The molecule has 1 aromatic carbocycles. The number of methoxy groups -OCH3 is 1. The van der Waals surface area contributed by atoms with Crippen LogP contribution in [0.25, 0.3) is 0 Å². The fourth-order valence-electron chi connectivity index (χ4n) is 5.59. The molecular weight excluding hydrogens is 480 g/mol. The van der Waals surface area contributed by atoms with Gasteiger partial charge < -0.3 is 30.7 Å². The van der Waals surface area contributed by atoms with Gasteiger partial charge in [-0.05, 0) is 49.8 Å². The predicted octanol–water partition coefficient (Wildman–Crippen LogP) is 4.86. The molecule has 1 aliphatic heterocycles. The molecule has 3 amide bonds. The summed E-state index contributed by atoms with van der Waals surface area (Å²) >= 11 is 6.28. The maximum atomic E-state index is 13.4. The number of nitrogens with zero attached hydrogens (tertiary/aromatic N) is 1. The summed E-state index contributed by atoms with van der Waals surface area (Å²) < 4.78 is 10.9. The van der Waals surface area contributed by atoms with Gasteiger partial charge in [0.2, 0.25) is 0 Å². The van der Waals surface area contributed by atoms with Crippen molar-refractivity contribution in [3.05, 3.63) is 34.9 Å². The van der Waals surface area contributed by atoms with Crippen molar-refractivity contribution in [1.82, 2.24) is 15.5 Å². The number of ether oxygens (including phenoxy) is 2. The Labute approximate surface area is 220 Å². The molecular formula is C27H43ClN4O4. The highest BCUT2D eigenvalue weighted by molar-refractivity contribution is 6.30. The number of carbonyl (C=O) groups is 2. The van der Waals surface area contributed by atoms with Crippen LogP contribution >= 0.6 is 11.6 Å². The Morgan fingerprint density at radius 3 is 2.69 bits per heavy atom. The lowest BCUT2D eigenvalue weighted by Crippen LogP contribution is -2.57. The molecule has 1 saturated carbocycles. The zero-order valence-corrected chi connectivity index (χ0v) is 22.5. The molecule has 202 valence electrons. The number of benzene rings is 1. The van der Waals surface area contributed by atoms with Gasteiger partial charge >= 0.3 is 12.1 Å². The smallest absolute Gasteiger partial charge is 0.406 e. The van der Waals surface area contributed by atoms with Crippen molar-refractivity contribution < 1.29 is 19.1 Å². The maximum Gasteiger partial charge on any atom is 0.406 e. The topological polar surface area (TPSA) is 106 Å². The van der Waals surface area contributed by atoms with Crippen molar-refractivity contribution in [3.8, 4) is 0 Å². The average molecular weight is 523 g/mol. The number of nitrogens with two attached hydrogens (primary N) is 1. The number of halogens is 1. The molecule has 2 aliphatic rings. The molecule has 8 nitrogen and oxygen atoms in total. The van der Waals surface area contributed by atoms with Gasteiger partial charge in [-0.2, -0.15) is 0 Å². The van der Waals surface area contributed by atoms with E-state index in [1.807, 2.05) is 29.2 Å². The van der Waals surface area contributed by atoms with Crippen molar-refractivity contribution >= 4 is 23.7 Å². The van der Waals surface area contributed by atoms with Gasteiger partial charge in [-0.3, -0.25) is 0 Å². The standard InChI is InChI=1S/C27H43ClN4O4/c1-27(19-29,17-20-8-4-3-5-9-20)31-25(33)32-14-7-11-22(18-32)24(21-10-6-12-23(28)16-21)36-15-13-30-26(34)35-2/h6,10,12,16,20,22,24H,3-5,7-9,11,13-15,17-19,29H2,1-2H3,(H,30,34)(H,31,33)/t22-,24+,27+/m1/s1. The molecule has 2 fully saturated rings. The number of hydrogen-bond donors (Lipinski definition) is 3. The third-order valence-electron chi connectivity index (χ3n) is 7.53. The molecule has 3 atom stereocenters. The van der Waals surface area contributed by atoms with E-state index in [1.165, 1.54) is 39.2 Å². The van der Waals surface area contributed by atoms with Crippen LogP contribution in [-0.2, 0) is 9.47 Å². The predicted molar refractivity (Wildman–Crippen MR) is 142 cm³/mol. The monoisotopic (exact) mass is 522 g/mol. The van der Waals surface area contributed by atoms with Crippen LogP contribution in [0.3, 0.4) is 0 Å². The van der Waals surface area contributed by atoms with Crippen LogP contribution in [0, 0.1) is 11.8 Å². The largest absolute Gasteiger partial charge is 0.453 e. The van der Waals surface area contributed by atoms with E-state index in [-0.39, 0.29) is 18.1 Å². The lowest BCUT2D eigenvalue weighted by Gasteiger charge is -2.40.